The van der Waals surface area contributed by atoms with Crippen molar-refractivity contribution < 1.29 is 22.9 Å². The summed E-state index contributed by atoms with van der Waals surface area (Å²) in [4.78, 5) is 28.0. The molecule has 212 valence electrons. The number of para-hydroxylation sites is 2. The number of carbonyl (C=O) groups excluding carboxylic acids is 1. The lowest BCUT2D eigenvalue weighted by Gasteiger charge is -2.18. The van der Waals surface area contributed by atoms with E-state index in [4.69, 9.17) is 4.74 Å². The quantitative estimate of drug-likeness (QED) is 0.149. The van der Waals surface area contributed by atoms with E-state index in [0.29, 0.717) is 40.7 Å². The lowest BCUT2D eigenvalue weighted by molar-refractivity contribution is -0.384. The highest BCUT2D eigenvalue weighted by Gasteiger charge is 2.24. The van der Waals surface area contributed by atoms with E-state index < -0.39 is 20.9 Å². The molecule has 14 heteroatoms. The molecular formula is C27H26N6O6S2. The number of thioether (sulfide) groups is 1. The summed E-state index contributed by atoms with van der Waals surface area (Å²) in [5, 5.41) is 23.4. The topological polar surface area (TPSA) is 160 Å². The number of nitriles is 1. The molecule has 12 nitrogen and oxygen atoms in total. The Balaban J connectivity index is 1.71. The summed E-state index contributed by atoms with van der Waals surface area (Å²) in [6.45, 7) is 4.19. The van der Waals surface area contributed by atoms with E-state index in [1.54, 1.807) is 30.5 Å². The predicted octanol–water partition coefficient (Wildman–Crippen LogP) is 4.58. The maximum Gasteiger partial charge on any atom is 0.270 e. The summed E-state index contributed by atoms with van der Waals surface area (Å²) in [6.07, 6.45) is 0. The molecule has 3 aromatic carbocycles. The first-order chi connectivity index (χ1) is 19.6. The van der Waals surface area contributed by atoms with Gasteiger partial charge >= 0.3 is 0 Å². The standard InChI is InChI=1S/C27H26N6O6S2/c1-4-31(5-2)41(37,38)20-11-13-23-22(15-20)30-27(32(23)24-8-6-7-9-25(24)39-3)40-17-26(34)29-21-12-10-19(33(35)36)14-18(21)16-28/h6-15H,4-5,17H2,1-3H3,(H,29,34). The molecule has 1 amide bonds. The molecule has 0 radical (unpaired) electrons. The average Bonchev–Trinajstić information content (AvgIpc) is 3.34. The molecule has 0 fully saturated rings. The molecule has 1 aromatic heterocycles. The van der Waals surface area contributed by atoms with Gasteiger partial charge in [0.05, 0.1) is 50.7 Å². The molecule has 4 rings (SSSR count). The highest BCUT2D eigenvalue weighted by molar-refractivity contribution is 7.99. The Bertz CT molecular complexity index is 1780. The zero-order chi connectivity index (χ0) is 29.7. The van der Waals surface area contributed by atoms with Crippen molar-refractivity contribution in [2.24, 2.45) is 0 Å². The number of hydrogen-bond acceptors (Lipinski definition) is 9. The summed E-state index contributed by atoms with van der Waals surface area (Å²) in [6, 6.07) is 17.4. The van der Waals surface area contributed by atoms with Gasteiger partial charge in [-0.2, -0.15) is 9.57 Å². The number of sulfonamides is 1. The van der Waals surface area contributed by atoms with E-state index in [1.165, 1.54) is 35.7 Å². The van der Waals surface area contributed by atoms with E-state index in [-0.39, 0.29) is 27.6 Å². The number of nitrogens with zero attached hydrogens (tertiary/aromatic N) is 5. The minimum atomic E-state index is -3.73. The maximum atomic E-state index is 13.2. The third kappa shape index (κ3) is 6.02. The number of hydrogen-bond donors (Lipinski definition) is 1. The third-order valence-corrected chi connectivity index (χ3v) is 9.19. The smallest absolute Gasteiger partial charge is 0.270 e. The van der Waals surface area contributed by atoms with Crippen LogP contribution in [0.4, 0.5) is 11.4 Å². The number of nitro benzene ring substituents is 1. The van der Waals surface area contributed by atoms with Crippen molar-refractivity contribution in [1.29, 1.82) is 5.26 Å². The number of nitro groups is 1. The molecule has 0 saturated heterocycles. The second-order valence-electron chi connectivity index (χ2n) is 8.58. The van der Waals surface area contributed by atoms with E-state index in [1.807, 2.05) is 24.3 Å². The van der Waals surface area contributed by atoms with Gasteiger partial charge < -0.3 is 10.1 Å². The molecule has 0 aliphatic carbocycles. The molecule has 0 bridgehead atoms. The molecule has 0 atom stereocenters. The van der Waals surface area contributed by atoms with E-state index in [9.17, 15) is 28.6 Å². The molecular weight excluding hydrogens is 568 g/mol. The van der Waals surface area contributed by atoms with E-state index in [2.05, 4.69) is 10.3 Å². The second kappa shape index (κ2) is 12.4. The van der Waals surface area contributed by atoms with Gasteiger partial charge in [-0.3, -0.25) is 19.5 Å². The first-order valence-electron chi connectivity index (χ1n) is 12.4. The van der Waals surface area contributed by atoms with Crippen LogP contribution in [0.5, 0.6) is 5.75 Å². The SMILES string of the molecule is CCN(CC)S(=O)(=O)c1ccc2c(c1)nc(SCC(=O)Nc1ccc([N+](=O)[O-])cc1C#N)n2-c1ccccc1OC. The van der Waals surface area contributed by atoms with Crippen molar-refractivity contribution in [1.82, 2.24) is 13.9 Å². The number of non-ortho nitro benzene ring substituents is 1. The summed E-state index contributed by atoms with van der Waals surface area (Å²) in [5.41, 5.74) is 1.50. The van der Waals surface area contributed by atoms with Gasteiger partial charge in [-0.15, -0.1) is 0 Å². The predicted molar refractivity (Wildman–Crippen MR) is 155 cm³/mol. The Morgan fingerprint density at radius 1 is 1.17 bits per heavy atom. The van der Waals surface area contributed by atoms with E-state index >= 15 is 0 Å². The zero-order valence-electron chi connectivity index (χ0n) is 22.4. The van der Waals surface area contributed by atoms with Gasteiger partial charge in [0, 0.05) is 25.2 Å². The van der Waals surface area contributed by atoms with Gasteiger partial charge in [0.2, 0.25) is 15.9 Å². The van der Waals surface area contributed by atoms with Gasteiger partial charge in [0.1, 0.15) is 11.8 Å². The number of benzene rings is 3. The Morgan fingerprint density at radius 3 is 2.56 bits per heavy atom. The Morgan fingerprint density at radius 2 is 1.90 bits per heavy atom. The molecule has 0 unspecified atom stereocenters. The van der Waals surface area contributed by atoms with Gasteiger partial charge in [0.15, 0.2) is 5.16 Å². The fourth-order valence-corrected chi connectivity index (χ4v) is 6.52. The zero-order valence-corrected chi connectivity index (χ0v) is 24.0. The monoisotopic (exact) mass is 594 g/mol. The van der Waals surface area contributed by atoms with Crippen molar-refractivity contribution in [3.05, 3.63) is 76.3 Å². The number of amides is 1. The number of nitrogens with one attached hydrogen (secondary N) is 1. The first kappa shape index (κ1) is 29.5. The van der Waals surface area contributed by atoms with Crippen LogP contribution in [0.15, 0.2) is 70.7 Å². The number of fused-ring (bicyclic) bond motifs is 1. The number of ether oxygens (including phenoxy) is 1. The number of aromatic nitrogens is 2. The maximum absolute atomic E-state index is 13.2. The lowest BCUT2D eigenvalue weighted by Crippen LogP contribution is -2.30. The Kier molecular flexibility index (Phi) is 8.92. The molecule has 0 aliphatic heterocycles. The van der Waals surface area contributed by atoms with Crippen LogP contribution in [0.25, 0.3) is 16.7 Å². The highest BCUT2D eigenvalue weighted by atomic mass is 32.2. The molecule has 0 aliphatic rings. The summed E-state index contributed by atoms with van der Waals surface area (Å²) in [7, 11) is -2.20. The number of rotatable bonds is 11. The second-order valence-corrected chi connectivity index (χ2v) is 11.5. The number of anilines is 1. The van der Waals surface area contributed by atoms with Crippen LogP contribution in [0.2, 0.25) is 0 Å². The normalized spacial score (nSPS) is 11.4. The van der Waals surface area contributed by atoms with Gasteiger partial charge in [0.25, 0.3) is 5.69 Å². The minimum absolute atomic E-state index is 0.0410. The van der Waals surface area contributed by atoms with Crippen LogP contribution < -0.4 is 10.1 Å². The van der Waals surface area contributed by atoms with Crippen LogP contribution in [-0.2, 0) is 14.8 Å². The van der Waals surface area contributed by atoms with Crippen LogP contribution in [-0.4, -0.2) is 59.1 Å². The summed E-state index contributed by atoms with van der Waals surface area (Å²) < 4.78 is 35.0. The van der Waals surface area contributed by atoms with Crippen molar-refractivity contribution in [3.63, 3.8) is 0 Å². The van der Waals surface area contributed by atoms with Crippen molar-refractivity contribution in [2.75, 3.05) is 31.3 Å². The summed E-state index contributed by atoms with van der Waals surface area (Å²) >= 11 is 1.10. The van der Waals surface area contributed by atoms with Crippen molar-refractivity contribution >= 4 is 50.1 Å². The first-order valence-corrected chi connectivity index (χ1v) is 14.8. The molecule has 1 N–H and O–H groups in total. The minimum Gasteiger partial charge on any atom is -0.495 e. The third-order valence-electron chi connectivity index (χ3n) is 6.21. The average molecular weight is 595 g/mol. The number of carbonyl (C=O) groups is 1. The number of imidazole rings is 1. The van der Waals surface area contributed by atoms with E-state index in [0.717, 1.165) is 17.8 Å². The van der Waals surface area contributed by atoms with Gasteiger partial charge in [-0.1, -0.05) is 37.7 Å². The Labute approximate surface area is 240 Å². The molecule has 41 heavy (non-hydrogen) atoms. The van der Waals surface area contributed by atoms with Gasteiger partial charge in [-0.25, -0.2) is 13.4 Å². The fraction of sp³-hybridized carbons (Fsp3) is 0.222. The fourth-order valence-electron chi connectivity index (χ4n) is 4.22. The largest absolute Gasteiger partial charge is 0.495 e. The van der Waals surface area contributed by atoms with Crippen LogP contribution in [0.1, 0.15) is 19.4 Å². The van der Waals surface area contributed by atoms with Crippen LogP contribution >= 0.6 is 11.8 Å². The Hall–Kier alpha value is -4.45. The molecule has 4 aromatic rings. The molecule has 1 heterocycles. The molecule has 0 spiro atoms. The van der Waals surface area contributed by atoms with Gasteiger partial charge in [-0.05, 0) is 36.4 Å². The van der Waals surface area contributed by atoms with Crippen LogP contribution in [0, 0.1) is 21.4 Å². The van der Waals surface area contributed by atoms with Crippen molar-refractivity contribution in [3.8, 4) is 17.5 Å². The highest BCUT2D eigenvalue weighted by Crippen LogP contribution is 2.34. The number of methoxy groups -OCH3 is 1. The lowest BCUT2D eigenvalue weighted by atomic mass is 10.1. The van der Waals surface area contributed by atoms with Crippen LogP contribution in [0.3, 0.4) is 0 Å². The summed E-state index contributed by atoms with van der Waals surface area (Å²) in [5.74, 6) is -0.0449. The van der Waals surface area contributed by atoms with Crippen molar-refractivity contribution in [2.45, 2.75) is 23.9 Å². The molecule has 0 saturated carbocycles.